The molecule has 1 aliphatic heterocycles. The van der Waals surface area contributed by atoms with E-state index in [1.807, 2.05) is 0 Å². The predicted molar refractivity (Wildman–Crippen MR) is 52.1 cm³/mol. The Hall–Kier alpha value is -1.43. The highest BCUT2D eigenvalue weighted by Gasteiger charge is 2.18. The predicted octanol–water partition coefficient (Wildman–Crippen LogP) is -0.321. The number of Topliss-reactive ketones (excluding diaryl/α,β-unsaturated/α-hetero) is 1. The van der Waals surface area contributed by atoms with E-state index < -0.39 is 0 Å². The highest BCUT2D eigenvalue weighted by atomic mass is 32.1. The molecule has 0 saturated heterocycles. The number of carbonyl (C=O) groups excluding carboxylic acids is 1. The van der Waals surface area contributed by atoms with Gasteiger partial charge in [0.2, 0.25) is 5.90 Å². The van der Waals surface area contributed by atoms with E-state index in [-0.39, 0.29) is 16.8 Å². The van der Waals surface area contributed by atoms with Crippen molar-refractivity contribution < 1.29 is 9.53 Å². The van der Waals surface area contributed by atoms with Crippen LogP contribution in [0.3, 0.4) is 0 Å². The molecule has 0 bridgehead atoms. The Bertz CT molecular complexity index is 309. The number of nitrogens with zero attached hydrogens (tertiary/aromatic N) is 1. The topological polar surface area (TPSA) is 76.7 Å². The van der Waals surface area contributed by atoms with Crippen LogP contribution in [0.15, 0.2) is 16.8 Å². The number of nitrogens with two attached hydrogens (primary N) is 1. The number of carbonyl (C=O) groups is 1. The van der Waals surface area contributed by atoms with E-state index in [4.69, 9.17) is 10.5 Å². The lowest BCUT2D eigenvalue weighted by Crippen LogP contribution is -2.26. The van der Waals surface area contributed by atoms with Gasteiger partial charge in [0.1, 0.15) is 6.61 Å². The summed E-state index contributed by atoms with van der Waals surface area (Å²) in [7, 11) is 0. The SMILES string of the molecule is CC(=O)C1=CCOC1=NNC(N)=S. The largest absolute Gasteiger partial charge is 0.472 e. The zero-order chi connectivity index (χ0) is 9.84. The average molecular weight is 199 g/mol. The molecule has 1 rings (SSSR count). The fourth-order valence-electron chi connectivity index (χ4n) is 0.862. The smallest absolute Gasteiger partial charge is 0.242 e. The summed E-state index contributed by atoms with van der Waals surface area (Å²) >= 11 is 4.53. The Labute approximate surface area is 80.6 Å². The van der Waals surface area contributed by atoms with Crippen molar-refractivity contribution in [2.75, 3.05) is 6.61 Å². The molecule has 0 saturated carbocycles. The fourth-order valence-corrected chi connectivity index (χ4v) is 0.907. The van der Waals surface area contributed by atoms with Crippen LogP contribution in [0.25, 0.3) is 0 Å². The Kier molecular flexibility index (Phi) is 2.97. The van der Waals surface area contributed by atoms with Crippen molar-refractivity contribution in [3.63, 3.8) is 0 Å². The van der Waals surface area contributed by atoms with Crippen molar-refractivity contribution in [2.24, 2.45) is 10.8 Å². The Morgan fingerprint density at radius 2 is 2.54 bits per heavy atom. The molecule has 0 spiro atoms. The minimum absolute atomic E-state index is 0.0332. The van der Waals surface area contributed by atoms with Gasteiger partial charge in [-0.25, -0.2) is 0 Å². The molecule has 0 atom stereocenters. The number of ketones is 1. The maximum atomic E-state index is 11.0. The molecular formula is C7H9N3O2S. The average Bonchev–Trinajstić information content (AvgIpc) is 2.47. The molecule has 0 aromatic heterocycles. The molecule has 0 radical (unpaired) electrons. The van der Waals surface area contributed by atoms with Gasteiger partial charge in [-0.05, 0) is 25.2 Å². The number of ether oxygens (including phenoxy) is 1. The second kappa shape index (κ2) is 3.99. The lowest BCUT2D eigenvalue weighted by atomic mass is 10.2. The van der Waals surface area contributed by atoms with Crippen LogP contribution in [0.4, 0.5) is 0 Å². The molecule has 0 aromatic carbocycles. The van der Waals surface area contributed by atoms with Crippen molar-refractivity contribution in [3.05, 3.63) is 11.6 Å². The van der Waals surface area contributed by atoms with E-state index in [1.54, 1.807) is 6.08 Å². The summed E-state index contributed by atoms with van der Waals surface area (Å²) in [5.41, 5.74) is 7.94. The van der Waals surface area contributed by atoms with Crippen molar-refractivity contribution in [1.82, 2.24) is 5.43 Å². The molecule has 0 fully saturated rings. The number of hydrogen-bond donors (Lipinski definition) is 2. The van der Waals surface area contributed by atoms with E-state index >= 15 is 0 Å². The van der Waals surface area contributed by atoms with Gasteiger partial charge in [-0.1, -0.05) is 0 Å². The summed E-state index contributed by atoms with van der Waals surface area (Å²) in [4.78, 5) is 11.0. The maximum absolute atomic E-state index is 11.0. The van der Waals surface area contributed by atoms with Crippen LogP contribution in [0.5, 0.6) is 0 Å². The quantitative estimate of drug-likeness (QED) is 0.471. The molecule has 70 valence electrons. The normalized spacial score (nSPS) is 17.9. The molecule has 5 nitrogen and oxygen atoms in total. The van der Waals surface area contributed by atoms with Gasteiger partial charge in [0.05, 0.1) is 5.57 Å². The van der Waals surface area contributed by atoms with Crippen molar-refractivity contribution in [3.8, 4) is 0 Å². The van der Waals surface area contributed by atoms with Gasteiger partial charge < -0.3 is 10.5 Å². The Balaban J connectivity index is 2.71. The minimum atomic E-state index is -0.0963. The molecule has 1 aliphatic rings. The Morgan fingerprint density at radius 3 is 3.08 bits per heavy atom. The van der Waals surface area contributed by atoms with Crippen LogP contribution < -0.4 is 11.2 Å². The second-order valence-corrected chi connectivity index (χ2v) is 2.82. The van der Waals surface area contributed by atoms with Gasteiger partial charge in [-0.3, -0.25) is 10.2 Å². The molecule has 13 heavy (non-hydrogen) atoms. The molecule has 6 heteroatoms. The second-order valence-electron chi connectivity index (χ2n) is 2.38. The van der Waals surface area contributed by atoms with Crippen LogP contribution in [-0.2, 0) is 9.53 Å². The first kappa shape index (κ1) is 9.66. The highest BCUT2D eigenvalue weighted by Crippen LogP contribution is 2.08. The Morgan fingerprint density at radius 1 is 1.85 bits per heavy atom. The number of thiocarbonyl (C=S) groups is 1. The summed E-state index contributed by atoms with van der Waals surface area (Å²) in [5.74, 6) is 0.140. The molecule has 0 aromatic rings. The summed E-state index contributed by atoms with van der Waals surface area (Å²) in [6.45, 7) is 1.80. The first-order valence-electron chi connectivity index (χ1n) is 3.58. The molecule has 0 aliphatic carbocycles. The van der Waals surface area contributed by atoms with Gasteiger partial charge in [-0.15, -0.1) is 5.10 Å². The maximum Gasteiger partial charge on any atom is 0.242 e. The van der Waals surface area contributed by atoms with Crippen LogP contribution >= 0.6 is 12.2 Å². The van der Waals surface area contributed by atoms with E-state index in [1.165, 1.54) is 6.92 Å². The number of nitrogens with one attached hydrogen (secondary N) is 1. The lowest BCUT2D eigenvalue weighted by molar-refractivity contribution is -0.113. The number of hydrazone groups is 1. The summed E-state index contributed by atoms with van der Waals surface area (Å²) in [5, 5.41) is 3.75. The third-order valence-corrected chi connectivity index (χ3v) is 1.48. The van der Waals surface area contributed by atoms with Crippen LogP contribution in [0.2, 0.25) is 0 Å². The number of hydrogen-bond acceptors (Lipinski definition) is 4. The molecule has 0 unspecified atom stereocenters. The van der Waals surface area contributed by atoms with Crippen molar-refractivity contribution >= 4 is 29.0 Å². The van der Waals surface area contributed by atoms with E-state index in [0.29, 0.717) is 12.2 Å². The fraction of sp³-hybridized carbons (Fsp3) is 0.286. The molecule has 1 heterocycles. The van der Waals surface area contributed by atoms with Crippen LogP contribution in [0, 0.1) is 0 Å². The van der Waals surface area contributed by atoms with Crippen molar-refractivity contribution in [1.29, 1.82) is 0 Å². The molecule has 3 N–H and O–H groups in total. The molecular weight excluding hydrogens is 190 g/mol. The minimum Gasteiger partial charge on any atom is -0.472 e. The monoisotopic (exact) mass is 199 g/mol. The van der Waals surface area contributed by atoms with Crippen LogP contribution in [0.1, 0.15) is 6.92 Å². The number of rotatable bonds is 2. The van der Waals surface area contributed by atoms with Gasteiger partial charge >= 0.3 is 0 Å². The van der Waals surface area contributed by atoms with E-state index in [2.05, 4.69) is 22.7 Å². The van der Waals surface area contributed by atoms with Crippen molar-refractivity contribution in [2.45, 2.75) is 6.92 Å². The summed E-state index contributed by atoms with van der Waals surface area (Å²) in [6.07, 6.45) is 1.66. The van der Waals surface area contributed by atoms with E-state index in [9.17, 15) is 4.79 Å². The van der Waals surface area contributed by atoms with Gasteiger partial charge in [-0.2, -0.15) is 0 Å². The highest BCUT2D eigenvalue weighted by molar-refractivity contribution is 7.80. The van der Waals surface area contributed by atoms with Gasteiger partial charge in [0.15, 0.2) is 10.9 Å². The molecule has 0 amide bonds. The zero-order valence-corrected chi connectivity index (χ0v) is 7.85. The van der Waals surface area contributed by atoms with Gasteiger partial charge in [0.25, 0.3) is 0 Å². The first-order chi connectivity index (χ1) is 6.11. The third kappa shape index (κ3) is 2.51. The van der Waals surface area contributed by atoms with Gasteiger partial charge in [0, 0.05) is 0 Å². The standard InChI is InChI=1S/C7H9N3O2S/c1-4(11)5-2-3-12-6(5)9-10-7(8)13/h2H,3H2,1H3,(H3,8,10,13). The van der Waals surface area contributed by atoms with Crippen LogP contribution in [-0.4, -0.2) is 23.4 Å². The summed E-state index contributed by atoms with van der Waals surface area (Å²) in [6, 6.07) is 0. The lowest BCUT2D eigenvalue weighted by Gasteiger charge is -2.01. The van der Waals surface area contributed by atoms with E-state index in [0.717, 1.165) is 0 Å². The first-order valence-corrected chi connectivity index (χ1v) is 3.99. The summed E-state index contributed by atoms with van der Waals surface area (Å²) < 4.78 is 5.04. The zero-order valence-electron chi connectivity index (χ0n) is 7.03. The third-order valence-electron chi connectivity index (χ3n) is 1.38.